The number of nitrogens with zero attached hydrogens (tertiary/aromatic N) is 4. The highest BCUT2D eigenvalue weighted by molar-refractivity contribution is 5.75. The standard InChI is InChI=1S/C16H25N5O/c1-3-13-11-15(19-12(2)18-13)20-9-5-14(6-10-20)21-8-4-7-17-16(21)22/h11,14H,3-10H2,1-2H3,(H,17,22). The molecule has 0 aromatic carbocycles. The van der Waals surface area contributed by atoms with Crippen molar-refractivity contribution >= 4 is 11.8 Å². The predicted octanol–water partition coefficient (Wildman–Crippen LogP) is 1.73. The normalized spacial score (nSPS) is 20.2. The molecule has 0 unspecified atom stereocenters. The van der Waals surface area contributed by atoms with Crippen molar-refractivity contribution in [2.45, 2.75) is 45.6 Å². The molecule has 0 atom stereocenters. The molecule has 0 spiro atoms. The van der Waals surface area contributed by atoms with Crippen LogP contribution >= 0.6 is 0 Å². The second kappa shape index (κ2) is 6.50. The number of carbonyl (C=O) groups is 1. The molecule has 3 heterocycles. The lowest BCUT2D eigenvalue weighted by Crippen LogP contribution is -2.54. The van der Waals surface area contributed by atoms with Crippen LogP contribution in [0.25, 0.3) is 0 Å². The van der Waals surface area contributed by atoms with Gasteiger partial charge < -0.3 is 15.1 Å². The largest absolute Gasteiger partial charge is 0.356 e. The molecular weight excluding hydrogens is 278 g/mol. The van der Waals surface area contributed by atoms with Crippen molar-refractivity contribution in [1.82, 2.24) is 20.2 Å². The first-order valence-corrected chi connectivity index (χ1v) is 8.31. The zero-order chi connectivity index (χ0) is 15.5. The molecule has 0 aliphatic carbocycles. The Morgan fingerprint density at radius 1 is 1.27 bits per heavy atom. The fraction of sp³-hybridized carbons (Fsp3) is 0.688. The molecule has 120 valence electrons. The first-order chi connectivity index (χ1) is 10.7. The summed E-state index contributed by atoms with van der Waals surface area (Å²) in [6.07, 6.45) is 4.01. The van der Waals surface area contributed by atoms with Gasteiger partial charge in [0.05, 0.1) is 0 Å². The Hall–Kier alpha value is -1.85. The molecule has 0 saturated carbocycles. The van der Waals surface area contributed by atoms with Crippen LogP contribution in [0.15, 0.2) is 6.07 Å². The third-order valence-corrected chi connectivity index (χ3v) is 4.58. The third-order valence-electron chi connectivity index (χ3n) is 4.58. The zero-order valence-corrected chi connectivity index (χ0v) is 13.5. The topological polar surface area (TPSA) is 61.4 Å². The fourth-order valence-electron chi connectivity index (χ4n) is 3.36. The van der Waals surface area contributed by atoms with E-state index >= 15 is 0 Å². The minimum Gasteiger partial charge on any atom is -0.356 e. The van der Waals surface area contributed by atoms with Crippen LogP contribution in [0.5, 0.6) is 0 Å². The van der Waals surface area contributed by atoms with Gasteiger partial charge in [0.25, 0.3) is 0 Å². The molecule has 3 rings (SSSR count). The molecule has 6 nitrogen and oxygen atoms in total. The van der Waals surface area contributed by atoms with E-state index < -0.39 is 0 Å². The Balaban J connectivity index is 1.64. The van der Waals surface area contributed by atoms with Gasteiger partial charge in [0.2, 0.25) is 0 Å². The number of nitrogens with one attached hydrogen (secondary N) is 1. The van der Waals surface area contributed by atoms with E-state index in [9.17, 15) is 4.79 Å². The maximum absolute atomic E-state index is 12.0. The molecule has 2 saturated heterocycles. The van der Waals surface area contributed by atoms with E-state index in [0.29, 0.717) is 6.04 Å². The van der Waals surface area contributed by atoms with Gasteiger partial charge in [0.15, 0.2) is 0 Å². The lowest BCUT2D eigenvalue weighted by atomic mass is 10.0. The number of hydrogen-bond donors (Lipinski definition) is 1. The van der Waals surface area contributed by atoms with Gasteiger partial charge in [-0.05, 0) is 32.6 Å². The highest BCUT2D eigenvalue weighted by Crippen LogP contribution is 2.23. The van der Waals surface area contributed by atoms with E-state index in [1.165, 1.54) is 0 Å². The van der Waals surface area contributed by atoms with Crippen molar-refractivity contribution in [3.63, 3.8) is 0 Å². The van der Waals surface area contributed by atoms with Crippen molar-refractivity contribution < 1.29 is 4.79 Å². The summed E-state index contributed by atoms with van der Waals surface area (Å²) in [7, 11) is 0. The minimum atomic E-state index is 0.107. The van der Waals surface area contributed by atoms with Crippen LogP contribution < -0.4 is 10.2 Å². The monoisotopic (exact) mass is 303 g/mol. The average molecular weight is 303 g/mol. The lowest BCUT2D eigenvalue weighted by molar-refractivity contribution is 0.149. The summed E-state index contributed by atoms with van der Waals surface area (Å²) in [5.74, 6) is 1.87. The predicted molar refractivity (Wildman–Crippen MR) is 86.1 cm³/mol. The number of piperidine rings is 1. The molecule has 2 aliphatic heterocycles. The summed E-state index contributed by atoms with van der Waals surface area (Å²) >= 11 is 0. The molecule has 2 amide bonds. The van der Waals surface area contributed by atoms with Crippen LogP contribution in [-0.4, -0.2) is 53.1 Å². The molecule has 6 heteroatoms. The number of anilines is 1. The smallest absolute Gasteiger partial charge is 0.317 e. The van der Waals surface area contributed by atoms with Crippen LogP contribution in [-0.2, 0) is 6.42 Å². The fourth-order valence-corrected chi connectivity index (χ4v) is 3.36. The van der Waals surface area contributed by atoms with Crippen LogP contribution in [0.1, 0.15) is 37.7 Å². The molecule has 0 bridgehead atoms. The second-order valence-corrected chi connectivity index (χ2v) is 6.12. The Morgan fingerprint density at radius 3 is 2.73 bits per heavy atom. The van der Waals surface area contributed by atoms with E-state index in [1.807, 2.05) is 11.8 Å². The maximum Gasteiger partial charge on any atom is 0.317 e. The number of hydrogen-bond acceptors (Lipinski definition) is 4. The number of aromatic nitrogens is 2. The van der Waals surface area contributed by atoms with Crippen molar-refractivity contribution in [3.8, 4) is 0 Å². The quantitative estimate of drug-likeness (QED) is 0.924. The SMILES string of the molecule is CCc1cc(N2CCC(N3CCCNC3=O)CC2)nc(C)n1. The van der Waals surface area contributed by atoms with Gasteiger partial charge in [-0.3, -0.25) is 0 Å². The number of urea groups is 1. The zero-order valence-electron chi connectivity index (χ0n) is 13.5. The summed E-state index contributed by atoms with van der Waals surface area (Å²) in [5.41, 5.74) is 1.10. The molecule has 1 aromatic heterocycles. The van der Waals surface area contributed by atoms with Crippen molar-refractivity contribution in [2.24, 2.45) is 0 Å². The molecule has 1 N–H and O–H groups in total. The number of carbonyl (C=O) groups excluding carboxylic acids is 1. The molecule has 0 radical (unpaired) electrons. The van der Waals surface area contributed by atoms with Gasteiger partial charge >= 0.3 is 6.03 Å². The van der Waals surface area contributed by atoms with E-state index in [0.717, 1.165) is 69.2 Å². The van der Waals surface area contributed by atoms with Gasteiger partial charge in [-0.15, -0.1) is 0 Å². The molecule has 2 fully saturated rings. The van der Waals surface area contributed by atoms with E-state index in [1.54, 1.807) is 0 Å². The Labute approximate surface area is 131 Å². The molecule has 1 aromatic rings. The van der Waals surface area contributed by atoms with Crippen molar-refractivity contribution in [1.29, 1.82) is 0 Å². The molecule has 2 aliphatic rings. The summed E-state index contributed by atoms with van der Waals surface area (Å²) in [6, 6.07) is 2.57. The lowest BCUT2D eigenvalue weighted by Gasteiger charge is -2.40. The van der Waals surface area contributed by atoms with E-state index in [2.05, 4.69) is 33.2 Å². The van der Waals surface area contributed by atoms with Gasteiger partial charge in [0.1, 0.15) is 11.6 Å². The maximum atomic E-state index is 12.0. The van der Waals surface area contributed by atoms with Gasteiger partial charge in [-0.2, -0.15) is 0 Å². The van der Waals surface area contributed by atoms with Gasteiger partial charge in [0, 0.05) is 44.0 Å². The highest BCUT2D eigenvalue weighted by atomic mass is 16.2. The Morgan fingerprint density at radius 2 is 2.05 bits per heavy atom. The first-order valence-electron chi connectivity index (χ1n) is 8.31. The Kier molecular flexibility index (Phi) is 4.45. The van der Waals surface area contributed by atoms with Crippen LogP contribution in [0.3, 0.4) is 0 Å². The van der Waals surface area contributed by atoms with Crippen LogP contribution in [0.4, 0.5) is 10.6 Å². The van der Waals surface area contributed by atoms with Crippen molar-refractivity contribution in [2.75, 3.05) is 31.1 Å². The second-order valence-electron chi connectivity index (χ2n) is 6.12. The minimum absolute atomic E-state index is 0.107. The average Bonchev–Trinajstić information content (AvgIpc) is 2.55. The van der Waals surface area contributed by atoms with E-state index in [-0.39, 0.29) is 6.03 Å². The summed E-state index contributed by atoms with van der Waals surface area (Å²) in [4.78, 5) is 25.3. The summed E-state index contributed by atoms with van der Waals surface area (Å²) < 4.78 is 0. The summed E-state index contributed by atoms with van der Waals surface area (Å²) in [5, 5.41) is 2.95. The third kappa shape index (κ3) is 3.15. The first kappa shape index (κ1) is 15.1. The van der Waals surface area contributed by atoms with E-state index in [4.69, 9.17) is 0 Å². The number of amides is 2. The molecule has 22 heavy (non-hydrogen) atoms. The van der Waals surface area contributed by atoms with Crippen LogP contribution in [0, 0.1) is 6.92 Å². The number of aryl methyl sites for hydroxylation is 2. The van der Waals surface area contributed by atoms with Gasteiger partial charge in [-0.25, -0.2) is 14.8 Å². The highest BCUT2D eigenvalue weighted by Gasteiger charge is 2.29. The van der Waals surface area contributed by atoms with Crippen molar-refractivity contribution in [3.05, 3.63) is 17.6 Å². The summed E-state index contributed by atoms with van der Waals surface area (Å²) in [6.45, 7) is 7.68. The van der Waals surface area contributed by atoms with Crippen LogP contribution in [0.2, 0.25) is 0 Å². The number of rotatable bonds is 3. The Bertz CT molecular complexity index is 539. The molecular formula is C16H25N5O. The van der Waals surface area contributed by atoms with Gasteiger partial charge in [-0.1, -0.05) is 6.92 Å².